The minimum Gasteiger partial charge on any atom is -0.304 e. The molecule has 0 bridgehead atoms. The summed E-state index contributed by atoms with van der Waals surface area (Å²) in [4.78, 5) is 0. The van der Waals surface area contributed by atoms with Crippen LogP contribution in [-0.2, 0) is 12.0 Å². The van der Waals surface area contributed by atoms with Crippen molar-refractivity contribution in [1.29, 1.82) is 0 Å². The van der Waals surface area contributed by atoms with Crippen LogP contribution in [0.25, 0.3) is 0 Å². The second-order valence-electron chi connectivity index (χ2n) is 5.18. The van der Waals surface area contributed by atoms with E-state index in [1.54, 1.807) is 0 Å². The number of benzene rings is 2. The molecule has 0 aromatic heterocycles. The van der Waals surface area contributed by atoms with Crippen LogP contribution in [0.15, 0.2) is 54.6 Å². The minimum absolute atomic E-state index is 0. The number of aryl methyl sites for hydroxylation is 1. The third kappa shape index (κ3) is 2.54. The van der Waals surface area contributed by atoms with Crippen molar-refractivity contribution in [2.24, 2.45) is 0 Å². The first-order chi connectivity index (χ1) is 8.81. The van der Waals surface area contributed by atoms with E-state index in [1.807, 2.05) is 0 Å². The van der Waals surface area contributed by atoms with Crippen LogP contribution in [-0.4, -0.2) is 6.54 Å². The van der Waals surface area contributed by atoms with Crippen LogP contribution >= 0.6 is 12.4 Å². The molecule has 0 aliphatic carbocycles. The Morgan fingerprint density at radius 2 is 1.63 bits per heavy atom. The zero-order chi connectivity index (χ0) is 12.4. The summed E-state index contributed by atoms with van der Waals surface area (Å²) in [6, 6.07) is 19.6. The third-order valence-corrected chi connectivity index (χ3v) is 4.01. The van der Waals surface area contributed by atoms with Crippen LogP contribution < -0.4 is 5.32 Å². The molecule has 0 saturated heterocycles. The molecular formula is C17H20ClN. The zero-order valence-electron chi connectivity index (χ0n) is 11.2. The van der Waals surface area contributed by atoms with E-state index in [0.29, 0.717) is 0 Å². The molecule has 0 fully saturated rings. The van der Waals surface area contributed by atoms with Crippen molar-refractivity contribution in [3.63, 3.8) is 0 Å². The maximum atomic E-state index is 3.73. The Kier molecular flexibility index (Phi) is 4.28. The molecule has 100 valence electrons. The Labute approximate surface area is 121 Å². The molecule has 1 atom stereocenters. The first-order valence-electron chi connectivity index (χ1n) is 6.70. The first-order valence-corrected chi connectivity index (χ1v) is 6.70. The van der Waals surface area contributed by atoms with Gasteiger partial charge in [0.15, 0.2) is 0 Å². The number of hydrogen-bond donors (Lipinski definition) is 1. The maximum Gasteiger partial charge on any atom is 0.0664 e. The lowest BCUT2D eigenvalue weighted by molar-refractivity contribution is 0.448. The quantitative estimate of drug-likeness (QED) is 0.831. The fourth-order valence-corrected chi connectivity index (χ4v) is 2.97. The summed E-state index contributed by atoms with van der Waals surface area (Å²) in [5.41, 5.74) is 4.19. The van der Waals surface area contributed by atoms with Gasteiger partial charge in [-0.3, -0.25) is 0 Å². The van der Waals surface area contributed by atoms with Crippen molar-refractivity contribution < 1.29 is 0 Å². The molecule has 1 aliphatic rings. The Balaban J connectivity index is 0.00000133. The van der Waals surface area contributed by atoms with Crippen molar-refractivity contribution in [3.05, 3.63) is 71.3 Å². The summed E-state index contributed by atoms with van der Waals surface area (Å²) in [6.45, 7) is 3.37. The van der Waals surface area contributed by atoms with Crippen LogP contribution in [0.4, 0.5) is 0 Å². The monoisotopic (exact) mass is 273 g/mol. The van der Waals surface area contributed by atoms with E-state index in [1.165, 1.54) is 29.5 Å². The predicted octanol–water partition coefficient (Wildman–Crippen LogP) is 3.91. The van der Waals surface area contributed by atoms with E-state index < -0.39 is 0 Å². The molecule has 1 heterocycles. The summed E-state index contributed by atoms with van der Waals surface area (Å²) < 4.78 is 0. The zero-order valence-corrected chi connectivity index (χ0v) is 12.0. The highest BCUT2D eigenvalue weighted by Gasteiger charge is 2.31. The van der Waals surface area contributed by atoms with Crippen molar-refractivity contribution in [2.45, 2.75) is 25.3 Å². The molecule has 0 saturated carbocycles. The Hall–Kier alpha value is -1.31. The van der Waals surface area contributed by atoms with Gasteiger partial charge in [-0.25, -0.2) is 0 Å². The van der Waals surface area contributed by atoms with Crippen molar-refractivity contribution in [3.8, 4) is 0 Å². The molecule has 2 aromatic rings. The van der Waals surface area contributed by atoms with Crippen LogP contribution in [0.2, 0.25) is 0 Å². The van der Waals surface area contributed by atoms with E-state index in [2.05, 4.69) is 66.8 Å². The van der Waals surface area contributed by atoms with Crippen molar-refractivity contribution >= 4 is 12.4 Å². The molecule has 0 spiro atoms. The standard InChI is InChI=1S/C17H19N.ClH/c1-17(15-10-3-2-4-11-15)16-12-6-5-8-14(16)9-7-13-18-17;/h2-6,8,10-12,18H,7,9,13H2,1H3;1H. The highest BCUT2D eigenvalue weighted by Crippen LogP contribution is 2.33. The highest BCUT2D eigenvalue weighted by atomic mass is 35.5. The average molecular weight is 274 g/mol. The van der Waals surface area contributed by atoms with Gasteiger partial charge in [0.05, 0.1) is 5.54 Å². The summed E-state index contributed by atoms with van der Waals surface area (Å²) in [5, 5.41) is 3.73. The minimum atomic E-state index is -0.0612. The molecule has 1 unspecified atom stereocenters. The molecule has 2 aromatic carbocycles. The second kappa shape index (κ2) is 5.77. The maximum absolute atomic E-state index is 3.73. The van der Waals surface area contributed by atoms with E-state index in [9.17, 15) is 0 Å². The topological polar surface area (TPSA) is 12.0 Å². The van der Waals surface area contributed by atoms with Crippen LogP contribution in [0.3, 0.4) is 0 Å². The fraction of sp³-hybridized carbons (Fsp3) is 0.294. The molecule has 3 rings (SSSR count). The molecule has 1 N–H and O–H groups in total. The number of rotatable bonds is 1. The summed E-state index contributed by atoms with van der Waals surface area (Å²) in [5.74, 6) is 0. The van der Waals surface area contributed by atoms with Crippen LogP contribution in [0, 0.1) is 0 Å². The van der Waals surface area contributed by atoms with Gasteiger partial charge in [-0.15, -0.1) is 12.4 Å². The van der Waals surface area contributed by atoms with E-state index in [0.717, 1.165) is 6.54 Å². The van der Waals surface area contributed by atoms with E-state index >= 15 is 0 Å². The Morgan fingerprint density at radius 1 is 0.947 bits per heavy atom. The molecular weight excluding hydrogens is 254 g/mol. The SMILES string of the molecule is CC1(c2ccccc2)NCCCc2ccccc21.Cl. The van der Waals surface area contributed by atoms with Crippen molar-refractivity contribution in [1.82, 2.24) is 5.32 Å². The lowest BCUT2D eigenvalue weighted by Crippen LogP contribution is -2.40. The van der Waals surface area contributed by atoms with Crippen LogP contribution in [0.5, 0.6) is 0 Å². The Morgan fingerprint density at radius 3 is 2.42 bits per heavy atom. The number of halogens is 1. The molecule has 1 nitrogen and oxygen atoms in total. The largest absolute Gasteiger partial charge is 0.304 e. The van der Waals surface area contributed by atoms with Gasteiger partial charge >= 0.3 is 0 Å². The molecule has 0 amide bonds. The summed E-state index contributed by atoms with van der Waals surface area (Å²) in [7, 11) is 0. The normalized spacial score (nSPS) is 21.9. The van der Waals surface area contributed by atoms with Crippen LogP contribution in [0.1, 0.15) is 30.0 Å². The number of fused-ring (bicyclic) bond motifs is 1. The van der Waals surface area contributed by atoms with Crippen molar-refractivity contribution in [2.75, 3.05) is 6.54 Å². The third-order valence-electron chi connectivity index (χ3n) is 4.01. The van der Waals surface area contributed by atoms with E-state index in [-0.39, 0.29) is 17.9 Å². The van der Waals surface area contributed by atoms with Gasteiger partial charge < -0.3 is 5.32 Å². The Bertz CT molecular complexity index is 538. The summed E-state index contributed by atoms with van der Waals surface area (Å²) >= 11 is 0. The smallest absolute Gasteiger partial charge is 0.0664 e. The van der Waals surface area contributed by atoms with E-state index in [4.69, 9.17) is 0 Å². The number of hydrogen-bond acceptors (Lipinski definition) is 1. The number of nitrogens with one attached hydrogen (secondary N) is 1. The molecule has 1 aliphatic heterocycles. The molecule has 2 heteroatoms. The first kappa shape index (κ1) is 14.1. The lowest BCUT2D eigenvalue weighted by Gasteiger charge is -2.32. The van der Waals surface area contributed by atoms with Gasteiger partial charge in [-0.05, 0) is 43.0 Å². The molecule has 19 heavy (non-hydrogen) atoms. The van der Waals surface area contributed by atoms with Gasteiger partial charge in [0.2, 0.25) is 0 Å². The fourth-order valence-electron chi connectivity index (χ4n) is 2.97. The average Bonchev–Trinajstić information content (AvgIpc) is 2.61. The van der Waals surface area contributed by atoms with Gasteiger partial charge in [0.25, 0.3) is 0 Å². The van der Waals surface area contributed by atoms with Gasteiger partial charge in [-0.2, -0.15) is 0 Å². The summed E-state index contributed by atoms with van der Waals surface area (Å²) in [6.07, 6.45) is 2.38. The van der Waals surface area contributed by atoms with Gasteiger partial charge in [-0.1, -0.05) is 54.6 Å². The second-order valence-corrected chi connectivity index (χ2v) is 5.18. The van der Waals surface area contributed by atoms with Gasteiger partial charge in [0.1, 0.15) is 0 Å². The highest BCUT2D eigenvalue weighted by molar-refractivity contribution is 5.85. The van der Waals surface area contributed by atoms with Gasteiger partial charge in [0, 0.05) is 0 Å². The molecule has 0 radical (unpaired) electrons. The lowest BCUT2D eigenvalue weighted by atomic mass is 9.82. The predicted molar refractivity (Wildman–Crippen MR) is 82.9 cm³/mol.